The number of likely N-dealkylation sites (N-methyl/N-ethyl adjacent to an activating group) is 1. The molecule has 0 saturated heterocycles. The predicted molar refractivity (Wildman–Crippen MR) is 50.3 cm³/mol. The molecule has 0 radical (unpaired) electrons. The number of carboxylic acid groups (broad SMARTS) is 1. The minimum absolute atomic E-state index is 0.185. The summed E-state index contributed by atoms with van der Waals surface area (Å²) in [5, 5.41) is 18.0. The Balaban J connectivity index is 0. The van der Waals surface area contributed by atoms with Crippen molar-refractivity contribution in [2.24, 2.45) is 0 Å². The number of hydrogen-bond acceptors (Lipinski definition) is 3. The lowest BCUT2D eigenvalue weighted by Gasteiger charge is -2.24. The second kappa shape index (κ2) is 7.12. The molecular formula is C8H18ClNO3. The van der Waals surface area contributed by atoms with E-state index in [1.165, 1.54) is 0 Å². The summed E-state index contributed by atoms with van der Waals surface area (Å²) in [6, 6.07) is 0. The number of aliphatic hydroxyl groups excluding tert-OH is 1. The van der Waals surface area contributed by atoms with Gasteiger partial charge in [0, 0.05) is 0 Å². The number of rotatable bonds is 3. The Morgan fingerprint density at radius 2 is 1.85 bits per heavy atom. The number of aliphatic carboxylic acids is 1. The fourth-order valence-electron chi connectivity index (χ4n) is 0.793. The Kier molecular flexibility index (Phi) is 8.30. The maximum atomic E-state index is 9.12. The third kappa shape index (κ3) is 24.5. The fraction of sp³-hybridized carbons (Fsp3) is 0.875. The van der Waals surface area contributed by atoms with Crippen molar-refractivity contribution in [2.45, 2.75) is 13.0 Å². The first-order valence-corrected chi connectivity index (χ1v) is 4.47. The van der Waals surface area contributed by atoms with Crippen LogP contribution in [-0.4, -0.2) is 55.2 Å². The molecule has 1 unspecified atom stereocenters. The maximum absolute atomic E-state index is 9.12. The molecule has 0 rings (SSSR count). The highest BCUT2D eigenvalue weighted by Crippen LogP contribution is 1.92. The molecule has 0 saturated carbocycles. The van der Waals surface area contributed by atoms with Gasteiger partial charge in [-0.1, -0.05) is 0 Å². The molecule has 0 spiro atoms. The first-order chi connectivity index (χ1) is 5.69. The molecule has 0 amide bonds. The molecule has 1 atom stereocenters. The zero-order valence-electron chi connectivity index (χ0n) is 8.58. The summed E-state index contributed by atoms with van der Waals surface area (Å²) >= 11 is 4.67. The molecule has 0 aliphatic rings. The average Bonchev–Trinajstić information content (AvgIpc) is 1.83. The highest BCUT2D eigenvalue weighted by atomic mass is 35.5. The van der Waals surface area contributed by atoms with Crippen LogP contribution in [0.5, 0.6) is 0 Å². The summed E-state index contributed by atoms with van der Waals surface area (Å²) in [7, 11) is 6.19. The SMILES string of the molecule is CC(O)C[N+](C)(C)C.O=C([O-])CCl. The molecule has 0 aliphatic carbocycles. The lowest BCUT2D eigenvalue weighted by atomic mass is 10.3. The molecule has 0 fully saturated rings. The van der Waals surface area contributed by atoms with E-state index < -0.39 is 11.8 Å². The van der Waals surface area contributed by atoms with E-state index in [1.807, 2.05) is 6.92 Å². The summed E-state index contributed by atoms with van der Waals surface area (Å²) in [4.78, 5) is 9.12. The smallest absolute Gasteiger partial charge is 0.104 e. The van der Waals surface area contributed by atoms with Crippen LogP contribution in [0.1, 0.15) is 6.92 Å². The fourth-order valence-corrected chi connectivity index (χ4v) is 0.793. The highest BCUT2D eigenvalue weighted by molar-refractivity contribution is 6.25. The van der Waals surface area contributed by atoms with Gasteiger partial charge in [0.05, 0.1) is 33.0 Å². The van der Waals surface area contributed by atoms with Crippen LogP contribution in [-0.2, 0) is 4.79 Å². The molecule has 0 aromatic carbocycles. The van der Waals surface area contributed by atoms with Crippen molar-refractivity contribution in [1.29, 1.82) is 0 Å². The molecule has 0 heterocycles. The van der Waals surface area contributed by atoms with E-state index >= 15 is 0 Å². The van der Waals surface area contributed by atoms with E-state index in [0.29, 0.717) is 0 Å². The molecule has 0 bridgehead atoms. The number of nitrogens with zero attached hydrogens (tertiary/aromatic N) is 1. The van der Waals surface area contributed by atoms with Crippen LogP contribution in [0.4, 0.5) is 0 Å². The van der Waals surface area contributed by atoms with Crippen LogP contribution in [0, 0.1) is 0 Å². The third-order valence-electron chi connectivity index (χ3n) is 0.921. The predicted octanol–water partition coefficient (Wildman–Crippen LogP) is -0.951. The molecule has 1 N–H and O–H groups in total. The summed E-state index contributed by atoms with van der Waals surface area (Å²) in [5.41, 5.74) is 0. The Bertz CT molecular complexity index is 143. The minimum atomic E-state index is -1.23. The zero-order chi connectivity index (χ0) is 11.1. The maximum Gasteiger partial charge on any atom is 0.104 e. The van der Waals surface area contributed by atoms with E-state index in [0.717, 1.165) is 11.0 Å². The molecule has 0 aliphatic heterocycles. The number of hydrogen-bond donors (Lipinski definition) is 1. The van der Waals surface area contributed by atoms with Crippen molar-refractivity contribution in [3.05, 3.63) is 0 Å². The molecule has 4 nitrogen and oxygen atoms in total. The first kappa shape index (κ1) is 15.2. The van der Waals surface area contributed by atoms with E-state index in [2.05, 4.69) is 32.7 Å². The Morgan fingerprint density at radius 1 is 1.54 bits per heavy atom. The minimum Gasteiger partial charge on any atom is -0.549 e. The monoisotopic (exact) mass is 211 g/mol. The van der Waals surface area contributed by atoms with Gasteiger partial charge in [0.15, 0.2) is 0 Å². The van der Waals surface area contributed by atoms with E-state index in [1.54, 1.807) is 0 Å². The molecule has 0 aromatic heterocycles. The standard InChI is InChI=1S/C6H16NO.C2H3ClO2/c1-6(8)5-7(2,3)4;3-1-2(4)5/h6,8H,5H2,1-4H3;1H2,(H,4,5)/q+1;/p-1. The van der Waals surface area contributed by atoms with Gasteiger partial charge in [0.1, 0.15) is 12.6 Å². The number of quaternary nitrogens is 1. The highest BCUT2D eigenvalue weighted by Gasteiger charge is 2.09. The number of halogens is 1. The van der Waals surface area contributed by atoms with Gasteiger partial charge >= 0.3 is 0 Å². The van der Waals surface area contributed by atoms with Gasteiger partial charge in [-0.3, -0.25) is 0 Å². The molecular weight excluding hydrogens is 194 g/mol. The number of carbonyl (C=O) groups excluding carboxylic acids is 1. The summed E-state index contributed by atoms with van der Waals surface area (Å²) in [6.07, 6.45) is -0.185. The van der Waals surface area contributed by atoms with Crippen LogP contribution in [0.25, 0.3) is 0 Å². The number of aliphatic hydroxyl groups is 1. The summed E-state index contributed by atoms with van der Waals surface area (Å²) in [5.74, 6) is -1.65. The van der Waals surface area contributed by atoms with Gasteiger partial charge in [0.25, 0.3) is 0 Å². The lowest BCUT2D eigenvalue weighted by Crippen LogP contribution is -2.40. The quantitative estimate of drug-likeness (QED) is 0.484. The Labute approximate surface area is 84.3 Å². The summed E-state index contributed by atoms with van der Waals surface area (Å²) in [6.45, 7) is 2.63. The van der Waals surface area contributed by atoms with Gasteiger partial charge in [0.2, 0.25) is 0 Å². The van der Waals surface area contributed by atoms with Crippen LogP contribution in [0.15, 0.2) is 0 Å². The molecule has 80 valence electrons. The Morgan fingerprint density at radius 3 is 1.85 bits per heavy atom. The lowest BCUT2D eigenvalue weighted by molar-refractivity contribution is -0.873. The van der Waals surface area contributed by atoms with E-state index in [4.69, 9.17) is 15.0 Å². The largest absolute Gasteiger partial charge is 0.549 e. The van der Waals surface area contributed by atoms with Gasteiger partial charge in [-0.2, -0.15) is 0 Å². The third-order valence-corrected chi connectivity index (χ3v) is 1.14. The van der Waals surface area contributed by atoms with Gasteiger partial charge < -0.3 is 19.5 Å². The van der Waals surface area contributed by atoms with Crippen molar-refractivity contribution in [3.63, 3.8) is 0 Å². The average molecular weight is 212 g/mol. The summed E-state index contributed by atoms with van der Waals surface area (Å²) < 4.78 is 0.831. The zero-order valence-corrected chi connectivity index (χ0v) is 9.34. The van der Waals surface area contributed by atoms with Crippen molar-refractivity contribution in [2.75, 3.05) is 33.6 Å². The van der Waals surface area contributed by atoms with Crippen LogP contribution in [0.2, 0.25) is 0 Å². The van der Waals surface area contributed by atoms with E-state index in [-0.39, 0.29) is 6.10 Å². The van der Waals surface area contributed by atoms with Gasteiger partial charge in [-0.25, -0.2) is 0 Å². The Hall–Kier alpha value is -0.320. The number of carbonyl (C=O) groups is 1. The second-order valence-corrected chi connectivity index (χ2v) is 4.09. The van der Waals surface area contributed by atoms with Crippen LogP contribution >= 0.6 is 11.6 Å². The van der Waals surface area contributed by atoms with Crippen molar-refractivity contribution < 1.29 is 19.5 Å². The van der Waals surface area contributed by atoms with Crippen LogP contribution < -0.4 is 5.11 Å². The topological polar surface area (TPSA) is 60.4 Å². The van der Waals surface area contributed by atoms with Crippen molar-refractivity contribution >= 4 is 17.6 Å². The van der Waals surface area contributed by atoms with Crippen molar-refractivity contribution in [3.8, 4) is 0 Å². The van der Waals surface area contributed by atoms with Gasteiger partial charge in [-0.15, -0.1) is 11.6 Å². The first-order valence-electron chi connectivity index (χ1n) is 3.93. The molecule has 13 heavy (non-hydrogen) atoms. The number of alkyl halides is 1. The van der Waals surface area contributed by atoms with Crippen LogP contribution in [0.3, 0.4) is 0 Å². The van der Waals surface area contributed by atoms with Crippen molar-refractivity contribution in [1.82, 2.24) is 0 Å². The van der Waals surface area contributed by atoms with E-state index in [9.17, 15) is 0 Å². The normalized spacial score (nSPS) is 12.8. The molecule has 0 aromatic rings. The van der Waals surface area contributed by atoms with Gasteiger partial charge in [-0.05, 0) is 6.92 Å². The second-order valence-electron chi connectivity index (χ2n) is 3.83. The number of carboxylic acids is 1. The molecule has 5 heteroatoms.